The van der Waals surface area contributed by atoms with Crippen LogP contribution in [-0.4, -0.2) is 34.0 Å². The van der Waals surface area contributed by atoms with E-state index in [9.17, 15) is 13.2 Å². The second kappa shape index (κ2) is 5.18. The average Bonchev–Trinajstić information content (AvgIpc) is 2.78. The molecule has 9 heteroatoms. The number of anilines is 1. The van der Waals surface area contributed by atoms with Crippen molar-refractivity contribution in [3.05, 3.63) is 5.82 Å². The van der Waals surface area contributed by atoms with Crippen molar-refractivity contribution in [1.82, 2.24) is 9.36 Å². The summed E-state index contributed by atoms with van der Waals surface area (Å²) in [5.41, 5.74) is -0.456. The lowest BCUT2D eigenvalue weighted by atomic mass is 9.93. The number of rotatable bonds is 3. The summed E-state index contributed by atoms with van der Waals surface area (Å²) in [7, 11) is 0. The molecule has 1 aliphatic heterocycles. The van der Waals surface area contributed by atoms with Crippen LogP contribution >= 0.6 is 23.1 Å². The van der Waals surface area contributed by atoms with Gasteiger partial charge in [0.15, 0.2) is 0 Å². The van der Waals surface area contributed by atoms with Crippen LogP contribution < -0.4 is 5.32 Å². The van der Waals surface area contributed by atoms with Gasteiger partial charge >= 0.3 is 6.18 Å². The molecular weight excluding hydrogens is 291 g/mol. The van der Waals surface area contributed by atoms with E-state index in [4.69, 9.17) is 16.3 Å². The number of nitrogens with zero attached hydrogens (tertiary/aromatic N) is 2. The summed E-state index contributed by atoms with van der Waals surface area (Å²) in [6.45, 7) is 1.06. The number of alkyl halides is 4. The number of ether oxygens (including phenoxy) is 1. The predicted molar refractivity (Wildman–Crippen MR) is 62.0 cm³/mol. The maximum atomic E-state index is 12.4. The summed E-state index contributed by atoms with van der Waals surface area (Å²) in [6.07, 6.45) is -3.24. The number of hydrogen-bond donors (Lipinski definition) is 1. The van der Waals surface area contributed by atoms with E-state index in [-0.39, 0.29) is 11.0 Å². The Labute approximate surface area is 111 Å². The number of aromatic nitrogens is 2. The summed E-state index contributed by atoms with van der Waals surface area (Å²) in [4.78, 5) is 3.44. The van der Waals surface area contributed by atoms with Crippen molar-refractivity contribution in [2.45, 2.75) is 24.6 Å². The lowest BCUT2D eigenvalue weighted by molar-refractivity contribution is -0.144. The Morgan fingerprint density at radius 1 is 1.39 bits per heavy atom. The van der Waals surface area contributed by atoms with E-state index in [0.29, 0.717) is 37.6 Å². The van der Waals surface area contributed by atoms with E-state index in [1.165, 1.54) is 0 Å². The van der Waals surface area contributed by atoms with E-state index in [1.54, 1.807) is 0 Å². The van der Waals surface area contributed by atoms with Crippen molar-refractivity contribution in [2.24, 2.45) is 0 Å². The molecule has 1 aliphatic rings. The van der Waals surface area contributed by atoms with Gasteiger partial charge < -0.3 is 10.1 Å². The second-order valence-electron chi connectivity index (χ2n) is 4.07. The van der Waals surface area contributed by atoms with Gasteiger partial charge in [-0.05, 0) is 12.8 Å². The molecule has 0 bridgehead atoms. The van der Waals surface area contributed by atoms with Crippen LogP contribution in [0.1, 0.15) is 18.7 Å². The van der Waals surface area contributed by atoms with Crippen LogP contribution in [0.15, 0.2) is 0 Å². The minimum atomic E-state index is -4.51. The molecule has 0 spiro atoms. The first-order chi connectivity index (χ1) is 8.45. The molecule has 0 unspecified atom stereocenters. The Kier molecular flexibility index (Phi) is 3.98. The van der Waals surface area contributed by atoms with Gasteiger partial charge in [0.1, 0.15) is 0 Å². The molecule has 0 amide bonds. The highest BCUT2D eigenvalue weighted by molar-refractivity contribution is 7.09. The SMILES string of the molecule is FC(F)(F)c1nsc(NC2(CCl)CCOCC2)n1. The second-order valence-corrected chi connectivity index (χ2v) is 5.09. The summed E-state index contributed by atoms with van der Waals surface area (Å²) in [5, 5.41) is 3.11. The average molecular weight is 302 g/mol. The summed E-state index contributed by atoms with van der Waals surface area (Å²) in [6, 6.07) is 0. The van der Waals surface area contributed by atoms with Gasteiger partial charge in [0.05, 0.1) is 5.54 Å². The van der Waals surface area contributed by atoms with Gasteiger partial charge in [-0.3, -0.25) is 0 Å². The summed E-state index contributed by atoms with van der Waals surface area (Å²) in [5.74, 6) is -0.830. The third-order valence-electron chi connectivity index (χ3n) is 2.76. The van der Waals surface area contributed by atoms with Gasteiger partial charge in [-0.15, -0.1) is 11.6 Å². The van der Waals surface area contributed by atoms with Gasteiger partial charge in [0, 0.05) is 30.6 Å². The Bertz CT molecular complexity index is 406. The van der Waals surface area contributed by atoms with Crippen molar-refractivity contribution in [1.29, 1.82) is 0 Å². The van der Waals surface area contributed by atoms with Crippen molar-refractivity contribution in [2.75, 3.05) is 24.4 Å². The first-order valence-electron chi connectivity index (χ1n) is 5.28. The summed E-state index contributed by atoms with van der Waals surface area (Å²) >= 11 is 6.59. The van der Waals surface area contributed by atoms with Crippen LogP contribution in [0, 0.1) is 0 Å². The third-order valence-corrected chi connectivity index (χ3v) is 3.90. The molecule has 1 fully saturated rings. The van der Waals surface area contributed by atoms with Crippen LogP contribution in [0.25, 0.3) is 0 Å². The molecule has 0 aromatic carbocycles. The fraction of sp³-hybridized carbons (Fsp3) is 0.778. The van der Waals surface area contributed by atoms with Crippen LogP contribution in [-0.2, 0) is 10.9 Å². The zero-order valence-electron chi connectivity index (χ0n) is 9.26. The number of hydrogen-bond acceptors (Lipinski definition) is 5. The minimum absolute atomic E-state index is 0.143. The minimum Gasteiger partial charge on any atom is -0.381 e. The number of nitrogens with one attached hydrogen (secondary N) is 1. The Morgan fingerprint density at radius 3 is 2.56 bits per heavy atom. The van der Waals surface area contributed by atoms with Crippen molar-refractivity contribution in [3.8, 4) is 0 Å². The first-order valence-corrected chi connectivity index (χ1v) is 6.59. The van der Waals surface area contributed by atoms with Crippen LogP contribution in [0.5, 0.6) is 0 Å². The summed E-state index contributed by atoms with van der Waals surface area (Å²) < 4.78 is 45.6. The highest BCUT2D eigenvalue weighted by Crippen LogP contribution is 2.32. The molecule has 4 nitrogen and oxygen atoms in total. The lowest BCUT2D eigenvalue weighted by Crippen LogP contribution is -2.45. The monoisotopic (exact) mass is 301 g/mol. The first kappa shape index (κ1) is 13.8. The van der Waals surface area contributed by atoms with Gasteiger partial charge in [-0.1, -0.05) is 0 Å². The van der Waals surface area contributed by atoms with Gasteiger partial charge in [-0.2, -0.15) is 22.5 Å². The fourth-order valence-corrected chi connectivity index (χ4v) is 2.71. The molecule has 1 saturated heterocycles. The van der Waals surface area contributed by atoms with Gasteiger partial charge in [-0.25, -0.2) is 0 Å². The van der Waals surface area contributed by atoms with Crippen molar-refractivity contribution < 1.29 is 17.9 Å². The molecule has 0 aliphatic carbocycles. The molecule has 2 heterocycles. The van der Waals surface area contributed by atoms with Crippen molar-refractivity contribution in [3.63, 3.8) is 0 Å². The highest BCUT2D eigenvalue weighted by Gasteiger charge is 2.38. The molecule has 2 rings (SSSR count). The van der Waals surface area contributed by atoms with E-state index >= 15 is 0 Å². The standard InChI is InChI=1S/C9H11ClF3N3OS/c10-5-8(1-3-17-4-2-8)15-7-14-6(16-18-7)9(11,12)13/h1-5H2,(H,14,15,16). The zero-order valence-corrected chi connectivity index (χ0v) is 10.8. The molecule has 1 aromatic rings. The fourth-order valence-electron chi connectivity index (χ4n) is 1.67. The molecule has 102 valence electrons. The van der Waals surface area contributed by atoms with Gasteiger partial charge in [0.2, 0.25) is 11.0 Å². The molecule has 1 N–H and O–H groups in total. The highest BCUT2D eigenvalue weighted by atomic mass is 35.5. The van der Waals surface area contributed by atoms with Crippen LogP contribution in [0.3, 0.4) is 0 Å². The predicted octanol–water partition coefficient (Wildman–Crippen LogP) is 2.76. The largest absolute Gasteiger partial charge is 0.452 e. The Morgan fingerprint density at radius 2 is 2.06 bits per heavy atom. The quantitative estimate of drug-likeness (QED) is 0.872. The van der Waals surface area contributed by atoms with Crippen molar-refractivity contribution >= 4 is 28.3 Å². The molecule has 0 atom stereocenters. The molecule has 18 heavy (non-hydrogen) atoms. The maximum absolute atomic E-state index is 12.4. The lowest BCUT2D eigenvalue weighted by Gasteiger charge is -2.35. The molecule has 1 aromatic heterocycles. The van der Waals surface area contributed by atoms with E-state index in [1.807, 2.05) is 0 Å². The zero-order chi connectivity index (χ0) is 13.2. The molecule has 0 saturated carbocycles. The topological polar surface area (TPSA) is 47.0 Å². The normalized spacial score (nSPS) is 19.8. The van der Waals surface area contributed by atoms with Crippen LogP contribution in [0.2, 0.25) is 0 Å². The Balaban J connectivity index is 2.10. The van der Waals surface area contributed by atoms with E-state index in [0.717, 1.165) is 0 Å². The van der Waals surface area contributed by atoms with E-state index < -0.39 is 17.5 Å². The Hall–Kier alpha value is -0.600. The van der Waals surface area contributed by atoms with Gasteiger partial charge in [0.25, 0.3) is 0 Å². The number of halogens is 4. The van der Waals surface area contributed by atoms with Crippen LogP contribution in [0.4, 0.5) is 18.3 Å². The molecular formula is C9H11ClF3N3OS. The smallest absolute Gasteiger partial charge is 0.381 e. The third kappa shape index (κ3) is 3.04. The van der Waals surface area contributed by atoms with E-state index in [2.05, 4.69) is 14.7 Å². The maximum Gasteiger partial charge on any atom is 0.452 e. The molecule has 0 radical (unpaired) electrons.